The van der Waals surface area contributed by atoms with Crippen LogP contribution in [0.1, 0.15) is 103 Å². The number of hydrogen-bond acceptors (Lipinski definition) is 8. The van der Waals surface area contributed by atoms with Crippen molar-refractivity contribution in [3.8, 4) is 17.2 Å². The van der Waals surface area contributed by atoms with E-state index in [1.54, 1.807) is 19.1 Å². The molecule has 0 amide bonds. The van der Waals surface area contributed by atoms with Gasteiger partial charge in [0.2, 0.25) is 0 Å². The third-order valence-corrected chi connectivity index (χ3v) is 10.7. The highest BCUT2D eigenvalue weighted by Crippen LogP contribution is 2.68. The molecule has 250 valence electrons. The first-order valence-electron chi connectivity index (χ1n) is 16.5. The monoisotopic (exact) mass is 642 g/mol. The maximum atomic E-state index is 14.8. The summed E-state index contributed by atoms with van der Waals surface area (Å²) in [5.41, 5.74) is -0.446. The zero-order valence-electron chi connectivity index (χ0n) is 29.0. The van der Waals surface area contributed by atoms with Gasteiger partial charge in [-0.15, -0.1) is 0 Å². The van der Waals surface area contributed by atoms with Crippen LogP contribution < -0.4 is 9.47 Å². The Kier molecular flexibility index (Phi) is 7.78. The Hall–Kier alpha value is -3.91. The first-order valence-corrected chi connectivity index (χ1v) is 16.5. The van der Waals surface area contributed by atoms with Gasteiger partial charge in [0.15, 0.2) is 22.8 Å². The fraction of sp³-hybridized carbons (Fsp3) is 0.513. The van der Waals surface area contributed by atoms with Crippen LogP contribution in [0.25, 0.3) is 6.08 Å². The standard InChI is InChI=1S/C39H46O8/c1-21(2)11-10-16-37(8)17-15-25-30(40)29-31(41)27-19-24-20-28-36(6,7)47-38(34(24)42,18-14-23(5)35(43)44-9)39(27,28)46-33(29)26(32(25)45-37)13-12-22(3)4/h11-12,14-15,17,19,24,28,40H,10,13,16,18,20H2,1-9H3/b23-14-. The summed E-state index contributed by atoms with van der Waals surface area (Å²) in [5.74, 6) is -1.49. The van der Waals surface area contributed by atoms with Crippen LogP contribution in [0.2, 0.25) is 0 Å². The molecule has 1 aromatic carbocycles. The molecule has 1 saturated carbocycles. The number of esters is 1. The van der Waals surface area contributed by atoms with Gasteiger partial charge in [-0.25, -0.2) is 4.79 Å². The third-order valence-electron chi connectivity index (χ3n) is 10.7. The number of phenols is 1. The van der Waals surface area contributed by atoms with Crippen LogP contribution in [0.4, 0.5) is 0 Å². The normalized spacial score (nSPS) is 30.7. The molecule has 1 saturated heterocycles. The fourth-order valence-corrected chi connectivity index (χ4v) is 8.33. The summed E-state index contributed by atoms with van der Waals surface area (Å²) in [6, 6.07) is 0. The molecule has 8 nitrogen and oxygen atoms in total. The van der Waals surface area contributed by atoms with E-state index in [2.05, 4.69) is 19.9 Å². The second-order valence-corrected chi connectivity index (χ2v) is 14.9. The van der Waals surface area contributed by atoms with Crippen molar-refractivity contribution in [1.29, 1.82) is 0 Å². The van der Waals surface area contributed by atoms with Crippen LogP contribution in [-0.2, 0) is 25.5 Å². The maximum Gasteiger partial charge on any atom is 0.333 e. The van der Waals surface area contributed by atoms with Gasteiger partial charge in [-0.3, -0.25) is 9.59 Å². The molecule has 3 heterocycles. The van der Waals surface area contributed by atoms with Crippen molar-refractivity contribution >= 4 is 23.6 Å². The number of ether oxygens (including phenoxy) is 4. The summed E-state index contributed by atoms with van der Waals surface area (Å²) in [6.07, 6.45) is 13.8. The largest absolute Gasteiger partial charge is 0.506 e. The van der Waals surface area contributed by atoms with Crippen LogP contribution in [0.3, 0.4) is 0 Å². The molecule has 0 aromatic heterocycles. The zero-order valence-corrected chi connectivity index (χ0v) is 29.0. The van der Waals surface area contributed by atoms with E-state index in [9.17, 15) is 19.5 Å². The number of rotatable bonds is 8. The molecule has 6 aliphatic rings. The second kappa shape index (κ2) is 11.1. The Morgan fingerprint density at radius 1 is 1.02 bits per heavy atom. The lowest BCUT2D eigenvalue weighted by atomic mass is 9.51. The fourth-order valence-electron chi connectivity index (χ4n) is 8.33. The molecular formula is C39H46O8. The Labute approximate surface area is 277 Å². The smallest absolute Gasteiger partial charge is 0.333 e. The summed E-state index contributed by atoms with van der Waals surface area (Å²) in [6.45, 7) is 15.6. The number of phenolic OH excluding ortho intramolecular Hbond substituents is 1. The topological polar surface area (TPSA) is 108 Å². The van der Waals surface area contributed by atoms with Gasteiger partial charge in [-0.1, -0.05) is 35.5 Å². The number of methoxy groups -OCH3 is 1. The lowest BCUT2D eigenvalue weighted by Crippen LogP contribution is -2.72. The number of allylic oxidation sites excluding steroid dienone is 5. The van der Waals surface area contributed by atoms with E-state index in [-0.39, 0.29) is 41.0 Å². The lowest BCUT2D eigenvalue weighted by molar-refractivity contribution is -0.171. The lowest BCUT2D eigenvalue weighted by Gasteiger charge is -2.56. The minimum absolute atomic E-state index is 0.0189. The molecule has 3 aliphatic carbocycles. The number of fused-ring (bicyclic) bond motifs is 2. The second-order valence-electron chi connectivity index (χ2n) is 14.9. The van der Waals surface area contributed by atoms with Gasteiger partial charge >= 0.3 is 5.97 Å². The van der Waals surface area contributed by atoms with Gasteiger partial charge < -0.3 is 24.1 Å². The third kappa shape index (κ3) is 4.77. The molecular weight excluding hydrogens is 596 g/mol. The van der Waals surface area contributed by atoms with E-state index in [0.29, 0.717) is 47.3 Å². The molecule has 4 bridgehead atoms. The van der Waals surface area contributed by atoms with Crippen molar-refractivity contribution < 1.29 is 38.4 Å². The first kappa shape index (κ1) is 33.0. The van der Waals surface area contributed by atoms with Crippen molar-refractivity contribution in [3.63, 3.8) is 0 Å². The van der Waals surface area contributed by atoms with Crippen LogP contribution in [0.5, 0.6) is 17.2 Å². The molecule has 2 fully saturated rings. The average molecular weight is 643 g/mol. The molecule has 1 aromatic rings. The van der Waals surface area contributed by atoms with E-state index in [1.165, 1.54) is 12.7 Å². The van der Waals surface area contributed by atoms with E-state index < -0.39 is 34.3 Å². The van der Waals surface area contributed by atoms with Crippen molar-refractivity contribution in [1.82, 2.24) is 0 Å². The van der Waals surface area contributed by atoms with Crippen LogP contribution >= 0.6 is 0 Å². The highest BCUT2D eigenvalue weighted by atomic mass is 16.6. The number of hydrogen-bond donors (Lipinski definition) is 1. The SMILES string of the molecule is COC(=O)/C(C)=C\CC12OC(C)(C)C3CC(C=C4C(=O)c5c(O)c6c(c(CC=C(C)C)c5OC431)OC(C)(CCC=C(C)C)C=C6)C2=O. The van der Waals surface area contributed by atoms with Crippen molar-refractivity contribution in [2.75, 3.05) is 7.11 Å². The molecule has 3 aliphatic heterocycles. The van der Waals surface area contributed by atoms with E-state index in [1.807, 2.05) is 52.8 Å². The highest BCUT2D eigenvalue weighted by molar-refractivity contribution is 6.19. The Balaban J connectivity index is 1.58. The summed E-state index contributed by atoms with van der Waals surface area (Å²) in [5, 5.41) is 11.8. The first-order chi connectivity index (χ1) is 22.0. The highest BCUT2D eigenvalue weighted by Gasteiger charge is 2.81. The number of carbonyl (C=O) groups is 3. The summed E-state index contributed by atoms with van der Waals surface area (Å²) < 4.78 is 25.7. The zero-order chi connectivity index (χ0) is 34.3. The number of Topliss-reactive ketones (excluding diaryl/α,β-unsaturated/α-hetero) is 2. The van der Waals surface area contributed by atoms with Crippen LogP contribution in [0, 0.1) is 11.8 Å². The molecule has 5 atom stereocenters. The predicted molar refractivity (Wildman–Crippen MR) is 179 cm³/mol. The van der Waals surface area contributed by atoms with Crippen molar-refractivity contribution in [2.45, 2.75) is 110 Å². The number of carbonyl (C=O) groups excluding carboxylic acids is 3. The minimum atomic E-state index is -1.57. The van der Waals surface area contributed by atoms with Gasteiger partial charge in [0.1, 0.15) is 28.4 Å². The van der Waals surface area contributed by atoms with E-state index >= 15 is 0 Å². The van der Waals surface area contributed by atoms with Crippen molar-refractivity contribution in [3.05, 3.63) is 69.4 Å². The quantitative estimate of drug-likeness (QED) is 0.178. The Morgan fingerprint density at radius 2 is 1.72 bits per heavy atom. The predicted octanol–water partition coefficient (Wildman–Crippen LogP) is 7.33. The van der Waals surface area contributed by atoms with Crippen LogP contribution in [0.15, 0.2) is 52.7 Å². The number of ketones is 2. The Morgan fingerprint density at radius 3 is 2.38 bits per heavy atom. The number of benzene rings is 1. The van der Waals surface area contributed by atoms with Gasteiger partial charge in [0, 0.05) is 35.0 Å². The van der Waals surface area contributed by atoms with Gasteiger partial charge in [0.25, 0.3) is 0 Å². The summed E-state index contributed by atoms with van der Waals surface area (Å²) in [4.78, 5) is 41.6. The van der Waals surface area contributed by atoms with Crippen molar-refractivity contribution in [2.24, 2.45) is 11.8 Å². The van der Waals surface area contributed by atoms with Gasteiger partial charge in [0.05, 0.1) is 18.3 Å². The van der Waals surface area contributed by atoms with Crippen LogP contribution in [-0.4, -0.2) is 52.2 Å². The molecule has 47 heavy (non-hydrogen) atoms. The molecule has 7 rings (SSSR count). The van der Waals surface area contributed by atoms with Gasteiger partial charge in [-0.05, 0) is 93.2 Å². The van der Waals surface area contributed by atoms with E-state index in [0.717, 1.165) is 12.0 Å². The molecule has 1 N–H and O–H groups in total. The van der Waals surface area contributed by atoms with E-state index in [4.69, 9.17) is 18.9 Å². The van der Waals surface area contributed by atoms with Gasteiger partial charge in [-0.2, -0.15) is 0 Å². The summed E-state index contributed by atoms with van der Waals surface area (Å²) >= 11 is 0. The summed E-state index contributed by atoms with van der Waals surface area (Å²) in [7, 11) is 1.31. The molecule has 0 radical (unpaired) electrons. The molecule has 1 spiro atoms. The maximum absolute atomic E-state index is 14.8. The average Bonchev–Trinajstić information content (AvgIpc) is 3.15. The Bertz CT molecular complexity index is 1740. The molecule has 8 heteroatoms. The molecule has 5 unspecified atom stereocenters. The number of aromatic hydroxyl groups is 1. The minimum Gasteiger partial charge on any atom is -0.506 e.